The number of primary amides is 1. The summed E-state index contributed by atoms with van der Waals surface area (Å²) in [5, 5.41) is 73.4. The first-order chi connectivity index (χ1) is 47.7. The lowest BCUT2D eigenvalue weighted by Crippen LogP contribution is -2.61. The molecule has 2 rings (SSSR count). The number of carboxylic acid groups (broad SMARTS) is 4. The van der Waals surface area contributed by atoms with Crippen LogP contribution in [0.2, 0.25) is 0 Å². The largest absolute Gasteiger partial charge is 0.481 e. The predicted molar refractivity (Wildman–Crippen MR) is 362 cm³/mol. The minimum Gasteiger partial charge on any atom is -0.481 e. The van der Waals surface area contributed by atoms with Crippen LogP contribution in [0.25, 0.3) is 10.9 Å². The first-order valence-corrected chi connectivity index (χ1v) is 33.0. The number of nitrogens with one attached hydrogen (secondary N) is 11. The van der Waals surface area contributed by atoms with E-state index < -0.39 is 200 Å². The number of guanidine groups is 1. The second kappa shape index (κ2) is 46.3. The third-order valence-electron chi connectivity index (χ3n) is 15.5. The molecule has 0 saturated heterocycles. The minimum absolute atomic E-state index is 0.00188. The van der Waals surface area contributed by atoms with Gasteiger partial charge in [-0.2, -0.15) is 0 Å². The number of aromatic nitrogens is 1. The van der Waals surface area contributed by atoms with Crippen LogP contribution in [0.15, 0.2) is 35.5 Å². The van der Waals surface area contributed by atoms with Crippen molar-refractivity contribution in [3.05, 3.63) is 36.0 Å². The molecule has 0 radical (unpaired) electrons. The summed E-state index contributed by atoms with van der Waals surface area (Å²) in [6.07, 6.45) is -2.56. The molecule has 564 valence electrons. The van der Waals surface area contributed by atoms with Crippen molar-refractivity contribution in [3.8, 4) is 0 Å². The molecule has 11 amide bonds. The maximum absolute atomic E-state index is 14.8. The molecule has 0 unspecified atom stereocenters. The topological polar surface area (TPSA) is 688 Å². The Labute approximate surface area is 581 Å². The number of hydrogen-bond donors (Lipinski definition) is 23. The number of benzene rings is 1. The maximum Gasteiger partial charge on any atom is 0.326 e. The number of aliphatic carboxylic acids is 4. The molecule has 101 heavy (non-hydrogen) atoms. The number of carbonyl (C=O) groups excluding carboxylic acids is 11. The Morgan fingerprint density at radius 3 is 1.23 bits per heavy atom. The first kappa shape index (κ1) is 87.0. The van der Waals surface area contributed by atoms with Gasteiger partial charge in [0.2, 0.25) is 65.0 Å². The number of aliphatic hydroxyl groups is 1. The van der Waals surface area contributed by atoms with Crippen LogP contribution in [0.4, 0.5) is 0 Å². The Kier molecular flexibility index (Phi) is 39.8. The summed E-state index contributed by atoms with van der Waals surface area (Å²) in [5.74, 6) is -19.1. The Morgan fingerprint density at radius 2 is 0.812 bits per heavy atom. The number of hydrogen-bond acceptors (Lipinski definition) is 21. The number of nitrogens with zero attached hydrogens (tertiary/aromatic N) is 1. The Hall–Kier alpha value is -10.1. The van der Waals surface area contributed by atoms with Crippen molar-refractivity contribution in [2.24, 2.45) is 51.0 Å². The average molecular weight is 1430 g/mol. The van der Waals surface area contributed by atoms with E-state index in [-0.39, 0.29) is 102 Å². The van der Waals surface area contributed by atoms with Crippen molar-refractivity contribution in [1.82, 2.24) is 58.2 Å². The monoisotopic (exact) mass is 1430 g/mol. The second-order valence-electron chi connectivity index (χ2n) is 24.4. The molecule has 0 spiro atoms. The normalized spacial score (nSPS) is 14.4. The van der Waals surface area contributed by atoms with E-state index in [1.807, 2.05) is 19.2 Å². The van der Waals surface area contributed by atoms with Crippen molar-refractivity contribution in [2.75, 3.05) is 32.8 Å². The highest BCUT2D eigenvalue weighted by molar-refractivity contribution is 6.00. The van der Waals surface area contributed by atoms with Gasteiger partial charge in [-0.05, 0) is 127 Å². The lowest BCUT2D eigenvalue weighted by atomic mass is 10.0. The molecule has 0 aliphatic rings. The van der Waals surface area contributed by atoms with Crippen LogP contribution < -0.4 is 93.3 Å². The number of fused-ring (bicyclic) bond motifs is 1. The molecule has 1 aromatic carbocycles. The van der Waals surface area contributed by atoms with Gasteiger partial charge in [-0.3, -0.25) is 72.1 Å². The molecule has 0 fully saturated rings. The minimum atomic E-state index is -2.13. The molecule has 1 aromatic heterocycles. The zero-order chi connectivity index (χ0) is 75.9. The molecule has 0 bridgehead atoms. The van der Waals surface area contributed by atoms with Crippen LogP contribution in [0.5, 0.6) is 0 Å². The fourth-order valence-corrected chi connectivity index (χ4v) is 10.2. The van der Waals surface area contributed by atoms with E-state index in [4.69, 9.17) is 40.1 Å². The third-order valence-corrected chi connectivity index (χ3v) is 15.5. The van der Waals surface area contributed by atoms with Crippen LogP contribution in [0, 0.1) is 5.92 Å². The molecule has 0 aliphatic heterocycles. The second-order valence-corrected chi connectivity index (χ2v) is 24.4. The van der Waals surface area contributed by atoms with Crippen molar-refractivity contribution in [1.29, 1.82) is 0 Å². The van der Waals surface area contributed by atoms with E-state index in [9.17, 15) is 97.5 Å². The van der Waals surface area contributed by atoms with Crippen LogP contribution in [0.3, 0.4) is 0 Å². The quantitative estimate of drug-likeness (QED) is 0.0166. The number of unbranched alkanes of at least 4 members (excludes halogenated alkanes) is 3. The number of aromatic amines is 1. The Balaban J connectivity index is 2.59. The Bertz CT molecular complexity index is 3160. The molecule has 0 saturated carbocycles. The van der Waals surface area contributed by atoms with Gasteiger partial charge in [0.05, 0.1) is 25.5 Å². The molecule has 2 aromatic rings. The van der Waals surface area contributed by atoms with Crippen LogP contribution >= 0.6 is 0 Å². The molecule has 1 heterocycles. The van der Waals surface area contributed by atoms with Gasteiger partial charge in [0.15, 0.2) is 5.96 Å². The van der Waals surface area contributed by atoms with Gasteiger partial charge in [0, 0.05) is 42.9 Å². The van der Waals surface area contributed by atoms with Gasteiger partial charge in [0.1, 0.15) is 60.4 Å². The highest BCUT2D eigenvalue weighted by Gasteiger charge is 2.38. The summed E-state index contributed by atoms with van der Waals surface area (Å²) >= 11 is 0. The number of aliphatic hydroxyl groups excluding tert-OH is 1. The molecule has 30 N–H and O–H groups in total. The first-order valence-electron chi connectivity index (χ1n) is 33.0. The molecular weight excluding hydrogens is 1330 g/mol. The number of amides is 11. The smallest absolute Gasteiger partial charge is 0.326 e. The highest BCUT2D eigenvalue weighted by Crippen LogP contribution is 2.20. The summed E-state index contributed by atoms with van der Waals surface area (Å²) in [5.41, 5.74) is 40.5. The van der Waals surface area contributed by atoms with E-state index in [1.165, 1.54) is 6.20 Å². The number of carboxylic acids is 4. The van der Waals surface area contributed by atoms with Gasteiger partial charge < -0.3 is 124 Å². The lowest BCUT2D eigenvalue weighted by molar-refractivity contribution is -0.143. The zero-order valence-corrected chi connectivity index (χ0v) is 56.6. The highest BCUT2D eigenvalue weighted by atomic mass is 16.4. The van der Waals surface area contributed by atoms with Crippen molar-refractivity contribution in [3.63, 3.8) is 0 Å². The van der Waals surface area contributed by atoms with E-state index in [0.717, 1.165) is 0 Å². The average Bonchev–Trinajstić information content (AvgIpc) is 1.76. The number of aliphatic imine (C=N–C) groups is 1. The van der Waals surface area contributed by atoms with Gasteiger partial charge in [-0.25, -0.2) is 4.79 Å². The zero-order valence-electron chi connectivity index (χ0n) is 56.6. The number of para-hydroxylation sites is 1. The SMILES string of the molecule is CC(C)C[C@H](N)C(=O)N[C@@H](CCCCN)C(=O)N[C@@H](CC(N)=O)C(=O)N[C@@H](Cc1c[nH]c2ccccc12)C(=O)N[C@@H](CCCCN)C(=O)N[C@@H](CCC(=O)O)C(=O)N[C@@H](CCC(=O)O)C(=O)N[C@@H](CO)C(=O)N[C@@H](CC(=O)O)C(=O)N[C@@H](CCCN=C(N)N)C(=O)N[C@@H](CCCCN)C(=O)O. The lowest BCUT2D eigenvalue weighted by Gasteiger charge is -2.28. The number of H-pyrrole nitrogens is 1. The van der Waals surface area contributed by atoms with Crippen LogP contribution in [-0.4, -0.2) is 225 Å². The van der Waals surface area contributed by atoms with Crippen LogP contribution in [0.1, 0.15) is 135 Å². The van der Waals surface area contributed by atoms with Crippen LogP contribution in [-0.2, 0) is 78.3 Å². The predicted octanol–water partition coefficient (Wildman–Crippen LogP) is -6.47. The number of nitrogens with two attached hydrogens (primary N) is 7. The standard InChI is InChI=1S/C62H101N19O20/c1-32(2)26-35(66)51(90)72-37(14-5-8-22-63)54(93)79-44(28-47(67)83)58(97)78-43(27-33-30-71-36-13-4-3-12-34(33)36)57(96)73-38(15-6-9-23-64)52(91)75-40(18-20-48(84)85)55(94)76-41(19-21-49(86)87)56(95)81-46(31-82)60(99)80-45(29-50(88)89)59(98)74-39(17-11-25-70-62(68)69)53(92)77-42(61(100)101)16-7-10-24-65/h3-4,12-13,30,32,35,37-46,71,82H,5-11,14-29,31,63-66H2,1-2H3,(H2,67,83)(H,72,90)(H,73,96)(H,74,98)(H,75,91)(H,76,94)(H,77,92)(H,78,97)(H,79,93)(H,80,99)(H,81,95)(H,84,85)(H,86,87)(H,88,89)(H,100,101)(H4,68,69,70)/t35-,37-,38-,39-,40-,41-,42-,43-,44-,45-,46-/m0/s1. The van der Waals surface area contributed by atoms with Gasteiger partial charge in [-0.15, -0.1) is 0 Å². The van der Waals surface area contributed by atoms with E-state index in [1.54, 1.807) is 24.3 Å². The molecule has 39 heteroatoms. The van der Waals surface area contributed by atoms with Gasteiger partial charge >= 0.3 is 23.9 Å². The molecule has 11 atom stereocenters. The molecular formula is C62H101N19O20. The third kappa shape index (κ3) is 33.5. The molecule has 0 aliphatic carbocycles. The number of rotatable bonds is 52. The van der Waals surface area contributed by atoms with E-state index in [0.29, 0.717) is 35.7 Å². The van der Waals surface area contributed by atoms with Crippen molar-refractivity contribution >= 4 is 106 Å². The summed E-state index contributed by atoms with van der Waals surface area (Å²) in [6.45, 7) is 2.80. The number of carbonyl (C=O) groups is 15. The van der Waals surface area contributed by atoms with Gasteiger partial charge in [-0.1, -0.05) is 32.0 Å². The summed E-state index contributed by atoms with van der Waals surface area (Å²) in [4.78, 5) is 208. The van der Waals surface area contributed by atoms with Gasteiger partial charge in [0.25, 0.3) is 0 Å². The maximum atomic E-state index is 14.8. The fraction of sp³-hybridized carbons (Fsp3) is 0.613. The van der Waals surface area contributed by atoms with Crippen molar-refractivity contribution in [2.45, 2.75) is 202 Å². The fourth-order valence-electron chi connectivity index (χ4n) is 10.2. The molecule has 39 nitrogen and oxygen atoms in total. The summed E-state index contributed by atoms with van der Waals surface area (Å²) in [7, 11) is 0. The van der Waals surface area contributed by atoms with E-state index >= 15 is 0 Å². The van der Waals surface area contributed by atoms with Crippen molar-refractivity contribution < 1.29 is 97.5 Å². The summed E-state index contributed by atoms with van der Waals surface area (Å²) < 4.78 is 0. The van der Waals surface area contributed by atoms with E-state index in [2.05, 4.69) is 57.8 Å². The summed E-state index contributed by atoms with van der Waals surface area (Å²) in [6, 6.07) is -11.8. The Morgan fingerprint density at radius 1 is 0.446 bits per heavy atom.